The summed E-state index contributed by atoms with van der Waals surface area (Å²) in [7, 11) is 0. The lowest BCUT2D eigenvalue weighted by atomic mass is 9.81. The summed E-state index contributed by atoms with van der Waals surface area (Å²) in [6.45, 7) is -1.23. The number of carbonyl (C=O) groups excluding carboxylic acids is 2. The van der Waals surface area contributed by atoms with E-state index in [4.69, 9.17) is 0 Å². The summed E-state index contributed by atoms with van der Waals surface area (Å²) in [4.78, 5) is 26.2. The topological polar surface area (TPSA) is 46.6 Å². The van der Waals surface area contributed by atoms with E-state index in [1.165, 1.54) is 6.07 Å². The van der Waals surface area contributed by atoms with Crippen molar-refractivity contribution in [3.05, 3.63) is 23.8 Å². The molecule has 6 heteroatoms. The van der Waals surface area contributed by atoms with Crippen molar-refractivity contribution in [1.82, 2.24) is 0 Å². The highest BCUT2D eigenvalue weighted by atomic mass is 19.3. The second-order valence-corrected chi connectivity index (χ2v) is 5.86. The zero-order valence-corrected chi connectivity index (χ0v) is 12.2. The van der Waals surface area contributed by atoms with Crippen LogP contribution < -0.4 is 9.64 Å². The van der Waals surface area contributed by atoms with Gasteiger partial charge in [-0.3, -0.25) is 9.59 Å². The van der Waals surface area contributed by atoms with Crippen LogP contribution in [0.1, 0.15) is 31.2 Å². The monoisotopic (exact) mass is 309 g/mol. The van der Waals surface area contributed by atoms with Crippen LogP contribution in [-0.4, -0.2) is 18.4 Å². The number of hydrogen-bond acceptors (Lipinski definition) is 3. The van der Waals surface area contributed by atoms with Gasteiger partial charge in [0.25, 0.3) is 0 Å². The maximum absolute atomic E-state index is 12.6. The Morgan fingerprint density at radius 1 is 1.14 bits per heavy atom. The van der Waals surface area contributed by atoms with Gasteiger partial charge in [-0.2, -0.15) is 8.78 Å². The SMILES string of the molecule is Cc1ccc(OC(F)F)c(N2C(=O)[C@H]3CCCC[C@H]3C2=O)c1. The third-order valence-electron chi connectivity index (χ3n) is 4.41. The van der Waals surface area contributed by atoms with Crippen LogP contribution in [0.2, 0.25) is 0 Å². The Labute approximate surface area is 127 Å². The predicted molar refractivity (Wildman–Crippen MR) is 75.8 cm³/mol. The number of alkyl halides is 2. The second-order valence-electron chi connectivity index (χ2n) is 5.86. The summed E-state index contributed by atoms with van der Waals surface area (Å²) < 4.78 is 29.6. The van der Waals surface area contributed by atoms with E-state index >= 15 is 0 Å². The summed E-state index contributed by atoms with van der Waals surface area (Å²) in [5.74, 6) is -1.36. The van der Waals surface area contributed by atoms with Crippen LogP contribution in [0, 0.1) is 18.8 Å². The molecule has 0 spiro atoms. The van der Waals surface area contributed by atoms with Gasteiger partial charge in [-0.15, -0.1) is 0 Å². The van der Waals surface area contributed by atoms with Crippen LogP contribution in [-0.2, 0) is 9.59 Å². The zero-order chi connectivity index (χ0) is 15.9. The van der Waals surface area contributed by atoms with Crippen LogP contribution in [0.4, 0.5) is 14.5 Å². The van der Waals surface area contributed by atoms with Gasteiger partial charge in [0.1, 0.15) is 5.75 Å². The van der Waals surface area contributed by atoms with Crippen molar-refractivity contribution >= 4 is 17.5 Å². The minimum atomic E-state index is -3.00. The molecular formula is C16H17F2NO3. The molecule has 1 aromatic rings. The molecule has 3 rings (SSSR count). The number of anilines is 1. The Morgan fingerprint density at radius 3 is 2.27 bits per heavy atom. The van der Waals surface area contributed by atoms with Gasteiger partial charge in [0.2, 0.25) is 11.8 Å². The summed E-state index contributed by atoms with van der Waals surface area (Å²) in [6.07, 6.45) is 3.20. The molecule has 0 unspecified atom stereocenters. The van der Waals surface area contributed by atoms with Crippen molar-refractivity contribution in [1.29, 1.82) is 0 Å². The number of carbonyl (C=O) groups is 2. The molecule has 0 aromatic heterocycles. The van der Waals surface area contributed by atoms with E-state index in [0.717, 1.165) is 23.3 Å². The lowest BCUT2D eigenvalue weighted by Crippen LogP contribution is -2.31. The fourth-order valence-corrected chi connectivity index (χ4v) is 3.40. The second kappa shape index (κ2) is 5.66. The molecule has 1 saturated carbocycles. The maximum atomic E-state index is 12.6. The molecule has 2 amide bonds. The van der Waals surface area contributed by atoms with Crippen LogP contribution in [0.3, 0.4) is 0 Å². The normalized spacial score (nSPS) is 24.8. The summed E-state index contributed by atoms with van der Waals surface area (Å²) >= 11 is 0. The Bertz CT molecular complexity index is 593. The Balaban J connectivity index is 2.01. The summed E-state index contributed by atoms with van der Waals surface area (Å²) in [5, 5.41) is 0. The number of amides is 2. The Kier molecular flexibility index (Phi) is 3.85. The van der Waals surface area contributed by atoms with Gasteiger partial charge in [0.05, 0.1) is 17.5 Å². The van der Waals surface area contributed by atoms with Gasteiger partial charge in [-0.1, -0.05) is 18.9 Å². The van der Waals surface area contributed by atoms with E-state index in [1.54, 1.807) is 19.1 Å². The van der Waals surface area contributed by atoms with E-state index in [1.807, 2.05) is 0 Å². The lowest BCUT2D eigenvalue weighted by molar-refractivity contribution is -0.122. The fourth-order valence-electron chi connectivity index (χ4n) is 3.40. The van der Waals surface area contributed by atoms with E-state index < -0.39 is 6.61 Å². The first-order valence-corrected chi connectivity index (χ1v) is 7.42. The van der Waals surface area contributed by atoms with Gasteiger partial charge >= 0.3 is 6.61 Å². The van der Waals surface area contributed by atoms with E-state index in [2.05, 4.69) is 4.74 Å². The maximum Gasteiger partial charge on any atom is 0.387 e. The number of aryl methyl sites for hydroxylation is 1. The van der Waals surface area contributed by atoms with Crippen LogP contribution >= 0.6 is 0 Å². The van der Waals surface area contributed by atoms with E-state index in [-0.39, 0.29) is 35.1 Å². The zero-order valence-electron chi connectivity index (χ0n) is 12.2. The first-order chi connectivity index (χ1) is 10.5. The van der Waals surface area contributed by atoms with Gasteiger partial charge < -0.3 is 4.74 Å². The molecule has 1 aromatic carbocycles. The first kappa shape index (κ1) is 14.9. The van der Waals surface area contributed by atoms with Gasteiger partial charge in [-0.05, 0) is 37.5 Å². The number of fused-ring (bicyclic) bond motifs is 1. The number of halogens is 2. The van der Waals surface area contributed by atoms with Gasteiger partial charge in [0.15, 0.2) is 0 Å². The standard InChI is InChI=1S/C16H17F2NO3/c1-9-6-7-13(22-16(17)18)12(8-9)19-14(20)10-4-2-3-5-11(10)15(19)21/h6-8,10-11,16H,2-5H2,1H3/t10-,11+. The molecule has 2 aliphatic rings. The molecule has 0 N–H and O–H groups in total. The van der Waals surface area contributed by atoms with Crippen LogP contribution in [0.25, 0.3) is 0 Å². The molecule has 22 heavy (non-hydrogen) atoms. The van der Waals surface area contributed by atoms with Crippen LogP contribution in [0.5, 0.6) is 5.75 Å². The molecule has 2 atom stereocenters. The van der Waals surface area contributed by atoms with E-state index in [0.29, 0.717) is 12.8 Å². The number of ether oxygens (including phenoxy) is 1. The largest absolute Gasteiger partial charge is 0.433 e. The number of rotatable bonds is 3. The van der Waals surface area contributed by atoms with Crippen molar-refractivity contribution in [2.45, 2.75) is 39.2 Å². The smallest absolute Gasteiger partial charge is 0.387 e. The Morgan fingerprint density at radius 2 is 1.73 bits per heavy atom. The molecule has 1 heterocycles. The third kappa shape index (κ3) is 2.46. The van der Waals surface area contributed by atoms with Crippen molar-refractivity contribution in [2.75, 3.05) is 4.90 Å². The highest BCUT2D eigenvalue weighted by Crippen LogP contribution is 2.43. The van der Waals surface area contributed by atoms with Crippen LogP contribution in [0.15, 0.2) is 18.2 Å². The van der Waals surface area contributed by atoms with Crippen molar-refractivity contribution in [3.63, 3.8) is 0 Å². The molecular weight excluding hydrogens is 292 g/mol. The highest BCUT2D eigenvalue weighted by molar-refractivity contribution is 6.22. The molecule has 0 radical (unpaired) electrons. The number of benzene rings is 1. The summed E-state index contributed by atoms with van der Waals surface area (Å²) in [5.41, 5.74) is 0.900. The first-order valence-electron chi connectivity index (χ1n) is 7.42. The number of nitrogens with zero attached hydrogens (tertiary/aromatic N) is 1. The molecule has 118 valence electrons. The molecule has 2 fully saturated rings. The van der Waals surface area contributed by atoms with Gasteiger partial charge in [0, 0.05) is 0 Å². The van der Waals surface area contributed by atoms with Crippen molar-refractivity contribution in [2.24, 2.45) is 11.8 Å². The van der Waals surface area contributed by atoms with Gasteiger partial charge in [-0.25, -0.2) is 4.90 Å². The quantitative estimate of drug-likeness (QED) is 0.805. The third-order valence-corrected chi connectivity index (χ3v) is 4.41. The molecule has 4 nitrogen and oxygen atoms in total. The average Bonchev–Trinajstić information content (AvgIpc) is 2.73. The van der Waals surface area contributed by atoms with E-state index in [9.17, 15) is 18.4 Å². The van der Waals surface area contributed by atoms with Crippen molar-refractivity contribution in [3.8, 4) is 5.75 Å². The highest BCUT2D eigenvalue weighted by Gasteiger charge is 2.49. The minimum absolute atomic E-state index is 0.129. The average molecular weight is 309 g/mol. The lowest BCUT2D eigenvalue weighted by Gasteiger charge is -2.19. The molecule has 1 aliphatic carbocycles. The predicted octanol–water partition coefficient (Wildman–Crippen LogP) is 3.28. The van der Waals surface area contributed by atoms with Crippen molar-refractivity contribution < 1.29 is 23.1 Å². The number of imide groups is 1. The molecule has 1 saturated heterocycles. The molecule has 0 bridgehead atoms. The summed E-state index contributed by atoms with van der Waals surface area (Å²) in [6, 6.07) is 4.53. The Hall–Kier alpha value is -1.98. The molecule has 1 aliphatic heterocycles. The number of hydrogen-bond donors (Lipinski definition) is 0. The fraction of sp³-hybridized carbons (Fsp3) is 0.500. The minimum Gasteiger partial charge on any atom is -0.433 e.